The minimum absolute atomic E-state index is 0. The summed E-state index contributed by atoms with van der Waals surface area (Å²) < 4.78 is 36.5. The van der Waals surface area contributed by atoms with Gasteiger partial charge in [-0.3, -0.25) is 9.59 Å². The van der Waals surface area contributed by atoms with Crippen LogP contribution in [0.5, 0.6) is 0 Å². The van der Waals surface area contributed by atoms with Crippen molar-refractivity contribution in [3.63, 3.8) is 0 Å². The Labute approximate surface area is 115 Å². The van der Waals surface area contributed by atoms with Crippen molar-refractivity contribution in [3.8, 4) is 0 Å². The minimum Gasteiger partial charge on any atom is -0.343 e. The highest BCUT2D eigenvalue weighted by Gasteiger charge is 2.40. The summed E-state index contributed by atoms with van der Waals surface area (Å²) in [5.41, 5.74) is 4.35. The summed E-state index contributed by atoms with van der Waals surface area (Å²) in [6, 6.07) is -0.914. The molecule has 19 heavy (non-hydrogen) atoms. The monoisotopic (exact) mass is 303 g/mol. The maximum atomic E-state index is 12.2. The van der Waals surface area contributed by atoms with E-state index in [0.29, 0.717) is 4.90 Å². The van der Waals surface area contributed by atoms with E-state index in [1.54, 1.807) is 0 Å². The van der Waals surface area contributed by atoms with Crippen LogP contribution in [0, 0.1) is 0 Å². The molecule has 0 radical (unpaired) electrons. The maximum Gasteiger partial charge on any atom is 0.406 e. The molecule has 1 saturated heterocycles. The standard InChI is InChI=1S/C10H16F3N3O2.ClH/c1-9(2,14)8(18)15-6-3-4-16(7(6)17)5-10(11,12)13;/h6H,3-5,14H2,1-2H3,(H,15,18);1H. The third-order valence-corrected chi connectivity index (χ3v) is 2.56. The van der Waals surface area contributed by atoms with Crippen molar-refractivity contribution in [3.05, 3.63) is 0 Å². The molecule has 0 saturated carbocycles. The Morgan fingerprint density at radius 1 is 1.47 bits per heavy atom. The molecule has 1 atom stereocenters. The van der Waals surface area contributed by atoms with E-state index in [0.717, 1.165) is 0 Å². The van der Waals surface area contributed by atoms with Crippen molar-refractivity contribution < 1.29 is 22.8 Å². The van der Waals surface area contributed by atoms with Gasteiger partial charge in [-0.1, -0.05) is 0 Å². The predicted octanol–water partition coefficient (Wildman–Crippen LogP) is 0.425. The van der Waals surface area contributed by atoms with Crippen molar-refractivity contribution in [1.29, 1.82) is 0 Å². The Bertz CT molecular complexity index is 355. The van der Waals surface area contributed by atoms with Crippen LogP contribution in [0.1, 0.15) is 20.3 Å². The molecule has 1 aliphatic rings. The lowest BCUT2D eigenvalue weighted by Crippen LogP contribution is -2.54. The first-order chi connectivity index (χ1) is 8.00. The van der Waals surface area contributed by atoms with Gasteiger partial charge >= 0.3 is 6.18 Å². The third kappa shape index (κ3) is 5.23. The molecule has 1 heterocycles. The van der Waals surface area contributed by atoms with Gasteiger partial charge in [-0.05, 0) is 20.3 Å². The summed E-state index contributed by atoms with van der Waals surface area (Å²) in [7, 11) is 0. The topological polar surface area (TPSA) is 75.4 Å². The lowest BCUT2D eigenvalue weighted by molar-refractivity contribution is -0.158. The van der Waals surface area contributed by atoms with E-state index >= 15 is 0 Å². The molecule has 0 spiro atoms. The third-order valence-electron chi connectivity index (χ3n) is 2.56. The van der Waals surface area contributed by atoms with E-state index in [2.05, 4.69) is 5.32 Å². The van der Waals surface area contributed by atoms with Crippen LogP contribution < -0.4 is 11.1 Å². The number of nitrogens with two attached hydrogens (primary N) is 1. The van der Waals surface area contributed by atoms with Crippen LogP contribution in [0.25, 0.3) is 0 Å². The molecule has 1 rings (SSSR count). The molecular weight excluding hydrogens is 287 g/mol. The molecule has 0 aromatic heterocycles. The van der Waals surface area contributed by atoms with Crippen LogP contribution in [-0.4, -0.2) is 47.6 Å². The van der Waals surface area contributed by atoms with Gasteiger partial charge in [-0.2, -0.15) is 13.2 Å². The van der Waals surface area contributed by atoms with Crippen LogP contribution in [0.15, 0.2) is 0 Å². The normalized spacial score (nSPS) is 20.2. The van der Waals surface area contributed by atoms with Gasteiger partial charge in [-0.15, -0.1) is 12.4 Å². The second-order valence-corrected chi connectivity index (χ2v) is 4.91. The van der Waals surface area contributed by atoms with Crippen molar-refractivity contribution in [2.75, 3.05) is 13.1 Å². The van der Waals surface area contributed by atoms with Crippen molar-refractivity contribution in [1.82, 2.24) is 10.2 Å². The number of carbonyl (C=O) groups is 2. The minimum atomic E-state index is -4.43. The van der Waals surface area contributed by atoms with Crippen LogP contribution in [-0.2, 0) is 9.59 Å². The molecular formula is C10H17ClF3N3O2. The summed E-state index contributed by atoms with van der Waals surface area (Å²) in [5.74, 6) is -1.28. The Morgan fingerprint density at radius 3 is 2.42 bits per heavy atom. The number of hydrogen-bond acceptors (Lipinski definition) is 3. The van der Waals surface area contributed by atoms with Gasteiger partial charge in [-0.25, -0.2) is 0 Å². The summed E-state index contributed by atoms with van der Waals surface area (Å²) >= 11 is 0. The van der Waals surface area contributed by atoms with Gasteiger partial charge in [0.15, 0.2) is 0 Å². The maximum absolute atomic E-state index is 12.2. The molecule has 9 heteroatoms. The van der Waals surface area contributed by atoms with E-state index < -0.39 is 36.1 Å². The molecule has 0 aromatic rings. The first kappa shape index (κ1) is 18.0. The van der Waals surface area contributed by atoms with E-state index in [1.807, 2.05) is 0 Å². The Hall–Kier alpha value is -1.02. The van der Waals surface area contributed by atoms with Gasteiger partial charge in [0.05, 0.1) is 5.54 Å². The molecule has 1 unspecified atom stereocenters. The second-order valence-electron chi connectivity index (χ2n) is 4.91. The zero-order chi connectivity index (χ0) is 14.1. The van der Waals surface area contributed by atoms with Crippen molar-refractivity contribution in [2.45, 2.75) is 38.0 Å². The van der Waals surface area contributed by atoms with Crippen LogP contribution in [0.3, 0.4) is 0 Å². The molecule has 0 aliphatic carbocycles. The highest BCUT2D eigenvalue weighted by molar-refractivity contribution is 5.92. The van der Waals surface area contributed by atoms with Gasteiger partial charge in [0.25, 0.3) is 0 Å². The number of rotatable bonds is 3. The number of nitrogens with one attached hydrogen (secondary N) is 1. The number of hydrogen-bond donors (Lipinski definition) is 2. The van der Waals surface area contributed by atoms with Gasteiger partial charge in [0, 0.05) is 6.54 Å². The summed E-state index contributed by atoms with van der Waals surface area (Å²) in [6.45, 7) is 1.60. The summed E-state index contributed by atoms with van der Waals surface area (Å²) in [5, 5.41) is 2.36. The van der Waals surface area contributed by atoms with Gasteiger partial charge < -0.3 is 16.0 Å². The zero-order valence-corrected chi connectivity index (χ0v) is 11.4. The predicted molar refractivity (Wildman–Crippen MR) is 64.7 cm³/mol. The van der Waals surface area contributed by atoms with Crippen LogP contribution in [0.2, 0.25) is 0 Å². The molecule has 5 nitrogen and oxygen atoms in total. The molecule has 0 bridgehead atoms. The molecule has 1 aliphatic heterocycles. The highest BCUT2D eigenvalue weighted by atomic mass is 35.5. The van der Waals surface area contributed by atoms with Crippen LogP contribution in [0.4, 0.5) is 13.2 Å². The number of carbonyl (C=O) groups excluding carboxylic acids is 2. The zero-order valence-electron chi connectivity index (χ0n) is 10.6. The summed E-state index contributed by atoms with van der Waals surface area (Å²) in [4.78, 5) is 23.8. The summed E-state index contributed by atoms with van der Waals surface area (Å²) in [6.07, 6.45) is -4.27. The second kappa shape index (κ2) is 5.96. The molecule has 3 N–H and O–H groups in total. The smallest absolute Gasteiger partial charge is 0.343 e. The van der Waals surface area contributed by atoms with Gasteiger partial charge in [0.1, 0.15) is 12.6 Å². The number of halogens is 4. The fourth-order valence-electron chi connectivity index (χ4n) is 1.59. The molecule has 0 aromatic carbocycles. The molecule has 112 valence electrons. The number of nitrogens with zero attached hydrogens (tertiary/aromatic N) is 1. The number of amides is 2. The van der Waals surface area contributed by atoms with E-state index in [9.17, 15) is 22.8 Å². The first-order valence-electron chi connectivity index (χ1n) is 5.46. The fraction of sp³-hybridized carbons (Fsp3) is 0.800. The average molecular weight is 304 g/mol. The van der Waals surface area contributed by atoms with E-state index in [-0.39, 0.29) is 25.4 Å². The van der Waals surface area contributed by atoms with Crippen LogP contribution >= 0.6 is 12.4 Å². The Morgan fingerprint density at radius 2 is 2.00 bits per heavy atom. The van der Waals surface area contributed by atoms with Crippen molar-refractivity contribution in [2.24, 2.45) is 5.73 Å². The van der Waals surface area contributed by atoms with Gasteiger partial charge in [0.2, 0.25) is 11.8 Å². The quantitative estimate of drug-likeness (QED) is 0.794. The molecule has 2 amide bonds. The average Bonchev–Trinajstić information content (AvgIpc) is 2.46. The number of alkyl halides is 3. The van der Waals surface area contributed by atoms with Crippen molar-refractivity contribution >= 4 is 24.2 Å². The lowest BCUT2D eigenvalue weighted by Gasteiger charge is -2.22. The first-order valence-corrected chi connectivity index (χ1v) is 5.46. The fourth-order valence-corrected chi connectivity index (χ4v) is 1.59. The Kier molecular flexibility index (Phi) is 5.64. The lowest BCUT2D eigenvalue weighted by atomic mass is 10.1. The Balaban J connectivity index is 0.00000324. The largest absolute Gasteiger partial charge is 0.406 e. The number of likely N-dealkylation sites (tertiary alicyclic amines) is 1. The SMILES string of the molecule is CC(C)(N)C(=O)NC1CCN(CC(F)(F)F)C1=O.Cl. The van der Waals surface area contributed by atoms with E-state index in [1.165, 1.54) is 13.8 Å². The highest BCUT2D eigenvalue weighted by Crippen LogP contribution is 2.21. The van der Waals surface area contributed by atoms with E-state index in [4.69, 9.17) is 5.73 Å². The molecule has 1 fully saturated rings.